The summed E-state index contributed by atoms with van der Waals surface area (Å²) in [6.45, 7) is 0. The van der Waals surface area contributed by atoms with Crippen molar-refractivity contribution in [2.75, 3.05) is 10.0 Å². The van der Waals surface area contributed by atoms with Crippen molar-refractivity contribution in [3.05, 3.63) is 88.3 Å². The lowest BCUT2D eigenvalue weighted by atomic mass is 10.3. The smallest absolute Gasteiger partial charge is 0.263 e. The molecule has 10 heteroatoms. The first-order chi connectivity index (χ1) is 14.9. The van der Waals surface area contributed by atoms with Crippen molar-refractivity contribution in [1.29, 1.82) is 0 Å². The van der Waals surface area contributed by atoms with Gasteiger partial charge in [0.1, 0.15) is 0 Å². The normalized spacial score (nSPS) is 11.6. The summed E-state index contributed by atoms with van der Waals surface area (Å²) < 4.78 is 28.3. The summed E-state index contributed by atoms with van der Waals surface area (Å²) in [4.78, 5) is 21.1. The largest absolute Gasteiger partial charge is 0.362 e. The number of rotatable bonds is 7. The highest BCUT2D eigenvalue weighted by Gasteiger charge is 2.15. The number of nitrogens with zero attached hydrogens (tertiary/aromatic N) is 2. The molecule has 0 spiro atoms. The second-order valence-electron chi connectivity index (χ2n) is 6.32. The number of benzene rings is 2. The molecule has 2 heterocycles. The van der Waals surface area contributed by atoms with Gasteiger partial charge in [-0.2, -0.15) is 0 Å². The van der Waals surface area contributed by atoms with Gasteiger partial charge >= 0.3 is 0 Å². The van der Waals surface area contributed by atoms with Crippen molar-refractivity contribution >= 4 is 61.3 Å². The fourth-order valence-electron chi connectivity index (χ4n) is 2.68. The second kappa shape index (κ2) is 8.84. The van der Waals surface area contributed by atoms with Gasteiger partial charge in [0, 0.05) is 18.0 Å². The maximum atomic E-state index is 12.6. The minimum atomic E-state index is -3.83. The van der Waals surface area contributed by atoms with E-state index in [0.29, 0.717) is 25.9 Å². The van der Waals surface area contributed by atoms with Crippen LogP contribution < -0.4 is 10.0 Å². The van der Waals surface area contributed by atoms with E-state index in [1.54, 1.807) is 42.5 Å². The number of hydrogen-bond acceptors (Lipinski definition) is 7. The summed E-state index contributed by atoms with van der Waals surface area (Å²) >= 11 is 7.03. The summed E-state index contributed by atoms with van der Waals surface area (Å²) in [6, 6.07) is 16.6. The number of fused-ring (bicyclic) bond motifs is 1. The zero-order valence-corrected chi connectivity index (χ0v) is 18.2. The zero-order valence-electron chi connectivity index (χ0n) is 15.8. The van der Waals surface area contributed by atoms with Crippen molar-refractivity contribution < 1.29 is 13.2 Å². The molecule has 0 amide bonds. The molecule has 0 bridgehead atoms. The minimum absolute atomic E-state index is 0.0706. The Morgan fingerprint density at radius 2 is 1.74 bits per heavy atom. The van der Waals surface area contributed by atoms with E-state index in [1.807, 2.05) is 6.07 Å². The molecule has 0 unspecified atom stereocenters. The van der Waals surface area contributed by atoms with Crippen LogP contribution in [0.2, 0.25) is 4.34 Å². The van der Waals surface area contributed by atoms with Crippen LogP contribution >= 0.6 is 22.9 Å². The lowest BCUT2D eigenvalue weighted by Crippen LogP contribution is -2.14. The second-order valence-corrected chi connectivity index (χ2v) is 9.72. The summed E-state index contributed by atoms with van der Waals surface area (Å²) in [5.74, 6) is -0.0414. The number of aromatic nitrogens is 2. The Kier molecular flexibility index (Phi) is 5.99. The Labute approximate surface area is 187 Å². The Morgan fingerprint density at radius 3 is 2.45 bits per heavy atom. The van der Waals surface area contributed by atoms with Crippen molar-refractivity contribution in [3.8, 4) is 0 Å². The van der Waals surface area contributed by atoms with Gasteiger partial charge in [-0.25, -0.2) is 13.4 Å². The van der Waals surface area contributed by atoms with E-state index >= 15 is 0 Å². The molecule has 2 N–H and O–H groups in total. The van der Waals surface area contributed by atoms with Gasteiger partial charge < -0.3 is 5.32 Å². The van der Waals surface area contributed by atoms with Crippen molar-refractivity contribution in [1.82, 2.24) is 9.97 Å². The third-order valence-corrected chi connectivity index (χ3v) is 6.77. The third kappa shape index (κ3) is 5.08. The molecule has 2 aromatic heterocycles. The summed E-state index contributed by atoms with van der Waals surface area (Å²) in [5, 5.41) is 2.93. The highest BCUT2D eigenvalue weighted by molar-refractivity contribution is 7.92. The van der Waals surface area contributed by atoms with Gasteiger partial charge in [0.25, 0.3) is 10.0 Å². The van der Waals surface area contributed by atoms with E-state index in [4.69, 9.17) is 11.6 Å². The summed E-state index contributed by atoms with van der Waals surface area (Å²) in [5.41, 5.74) is 1.89. The first-order valence-corrected chi connectivity index (χ1v) is 11.7. The van der Waals surface area contributed by atoms with Gasteiger partial charge in [-0.3, -0.25) is 14.5 Å². The molecule has 31 heavy (non-hydrogen) atoms. The molecule has 4 rings (SSSR count). The zero-order chi connectivity index (χ0) is 21.8. The highest BCUT2D eigenvalue weighted by atomic mass is 35.5. The Hall–Kier alpha value is -3.27. The topological polar surface area (TPSA) is 101 Å². The molecule has 156 valence electrons. The fourth-order valence-corrected chi connectivity index (χ4v) is 4.62. The van der Waals surface area contributed by atoms with Crippen LogP contribution in [-0.4, -0.2) is 24.2 Å². The van der Waals surface area contributed by atoms with Gasteiger partial charge in [-0.1, -0.05) is 23.7 Å². The van der Waals surface area contributed by atoms with Crippen LogP contribution in [0.1, 0.15) is 9.67 Å². The Morgan fingerprint density at radius 1 is 1.00 bits per heavy atom. The molecular weight excluding hydrogens is 456 g/mol. The van der Waals surface area contributed by atoms with Crippen molar-refractivity contribution in [2.24, 2.45) is 0 Å². The van der Waals surface area contributed by atoms with Crippen LogP contribution in [0.4, 0.5) is 11.5 Å². The van der Waals surface area contributed by atoms with E-state index < -0.39 is 10.0 Å². The standard InChI is InChI=1S/C21H15ClN4O3S2/c22-20-10-9-19(30-20)18(27)11-12-23-14-5-7-15(8-6-14)31(28,29)26-21-13-24-16-3-1-2-4-17(16)25-21/h1-13,23H,(H,25,26). The Balaban J connectivity index is 1.42. The molecule has 7 nitrogen and oxygen atoms in total. The molecule has 0 aliphatic carbocycles. The fraction of sp³-hybridized carbons (Fsp3) is 0. The molecule has 0 radical (unpaired) electrons. The maximum absolute atomic E-state index is 12.6. The molecule has 0 fully saturated rings. The predicted octanol–water partition coefficient (Wildman–Crippen LogP) is 4.95. The third-order valence-electron chi connectivity index (χ3n) is 4.15. The molecule has 0 atom stereocenters. The lowest BCUT2D eigenvalue weighted by molar-refractivity contribution is 0.105. The van der Waals surface area contributed by atoms with E-state index in [9.17, 15) is 13.2 Å². The molecular formula is C21H15ClN4O3S2. The van der Waals surface area contributed by atoms with Crippen LogP contribution in [0.3, 0.4) is 0 Å². The number of para-hydroxylation sites is 2. The number of halogens is 1. The number of hydrogen-bond donors (Lipinski definition) is 2. The van der Waals surface area contributed by atoms with E-state index in [1.165, 1.54) is 41.9 Å². The first kappa shape index (κ1) is 21.0. The van der Waals surface area contributed by atoms with Crippen LogP contribution in [-0.2, 0) is 10.0 Å². The Bertz CT molecular complexity index is 1380. The number of allylic oxidation sites excluding steroid dienone is 1. The molecule has 2 aromatic carbocycles. The number of nitrogens with one attached hydrogen (secondary N) is 2. The predicted molar refractivity (Wildman–Crippen MR) is 123 cm³/mol. The molecule has 0 aliphatic heterocycles. The van der Waals surface area contributed by atoms with Gasteiger partial charge in [-0.05, 0) is 48.5 Å². The SMILES string of the molecule is O=C(C=CNc1ccc(S(=O)(=O)Nc2cnc3ccccc3n2)cc1)c1ccc(Cl)s1. The van der Waals surface area contributed by atoms with Gasteiger partial charge in [0.15, 0.2) is 11.6 Å². The molecule has 0 saturated heterocycles. The van der Waals surface area contributed by atoms with Gasteiger partial charge in [0.05, 0.1) is 31.3 Å². The van der Waals surface area contributed by atoms with Crippen LogP contribution in [0, 0.1) is 0 Å². The van der Waals surface area contributed by atoms with Gasteiger partial charge in [-0.15, -0.1) is 11.3 Å². The van der Waals surface area contributed by atoms with Crippen LogP contribution in [0.25, 0.3) is 11.0 Å². The van der Waals surface area contributed by atoms with Gasteiger partial charge in [0.2, 0.25) is 0 Å². The maximum Gasteiger partial charge on any atom is 0.263 e. The first-order valence-electron chi connectivity index (χ1n) is 8.98. The number of sulfonamides is 1. The summed E-state index contributed by atoms with van der Waals surface area (Å²) in [6.07, 6.45) is 4.24. The molecule has 4 aromatic rings. The number of carbonyl (C=O) groups excluding carboxylic acids is 1. The van der Waals surface area contributed by atoms with E-state index in [-0.39, 0.29) is 16.5 Å². The van der Waals surface area contributed by atoms with Crippen LogP contribution in [0.15, 0.2) is 84.0 Å². The average molecular weight is 471 g/mol. The molecule has 0 saturated carbocycles. The lowest BCUT2D eigenvalue weighted by Gasteiger charge is -2.08. The minimum Gasteiger partial charge on any atom is -0.362 e. The monoisotopic (exact) mass is 470 g/mol. The van der Waals surface area contributed by atoms with Crippen molar-refractivity contribution in [3.63, 3.8) is 0 Å². The average Bonchev–Trinajstić information content (AvgIpc) is 3.20. The van der Waals surface area contributed by atoms with Crippen molar-refractivity contribution in [2.45, 2.75) is 4.90 Å². The number of anilines is 2. The number of ketones is 1. The summed E-state index contributed by atoms with van der Waals surface area (Å²) in [7, 11) is -3.83. The number of carbonyl (C=O) groups is 1. The van der Waals surface area contributed by atoms with E-state index in [0.717, 1.165) is 0 Å². The van der Waals surface area contributed by atoms with E-state index in [2.05, 4.69) is 20.0 Å². The van der Waals surface area contributed by atoms with Crippen LogP contribution in [0.5, 0.6) is 0 Å². The molecule has 0 aliphatic rings. The highest BCUT2D eigenvalue weighted by Crippen LogP contribution is 2.22. The quantitative estimate of drug-likeness (QED) is 0.292. The number of thiophene rings is 1.